The Morgan fingerprint density at radius 1 is 1.40 bits per heavy atom. The summed E-state index contributed by atoms with van der Waals surface area (Å²) in [5, 5.41) is 0. The molecule has 10 heavy (non-hydrogen) atoms. The van der Waals surface area contributed by atoms with Crippen LogP contribution in [0.3, 0.4) is 0 Å². The van der Waals surface area contributed by atoms with E-state index in [1.165, 1.54) is 12.8 Å². The molecule has 0 unspecified atom stereocenters. The second-order valence-electron chi connectivity index (χ2n) is 2.27. The summed E-state index contributed by atoms with van der Waals surface area (Å²) in [5.41, 5.74) is 0. The van der Waals surface area contributed by atoms with Gasteiger partial charge < -0.3 is 9.53 Å². The summed E-state index contributed by atoms with van der Waals surface area (Å²) >= 11 is 0. The predicted octanol–water partition coefficient (Wildman–Crippen LogP) is 1.78. The highest BCUT2D eigenvalue weighted by Crippen LogP contribution is 1.98. The number of carbonyl (C=O) groups excluding carboxylic acids is 1. The van der Waals surface area contributed by atoms with Crippen molar-refractivity contribution in [3.05, 3.63) is 0 Å². The standard InChI is InChI=1S/2C4H8O/c1-2-4-5-3-1;1-2-3-4-5/h1-4H2;4H,2-3H2,1H3. The molecule has 0 atom stereocenters. The lowest BCUT2D eigenvalue weighted by atomic mass is 10.4. The van der Waals surface area contributed by atoms with E-state index in [0.717, 1.165) is 25.9 Å². The van der Waals surface area contributed by atoms with Crippen LogP contribution in [0.15, 0.2) is 0 Å². The van der Waals surface area contributed by atoms with Crippen LogP contribution in [0.5, 0.6) is 0 Å². The summed E-state index contributed by atoms with van der Waals surface area (Å²) in [7, 11) is 0. The molecule has 2 heteroatoms. The maximum absolute atomic E-state index is 9.40. The zero-order valence-electron chi connectivity index (χ0n) is 6.64. The normalized spacial score (nSPS) is 15.7. The van der Waals surface area contributed by atoms with E-state index in [4.69, 9.17) is 4.74 Å². The Kier molecular flexibility index (Phi) is 8.31. The molecule has 1 heterocycles. The van der Waals surface area contributed by atoms with E-state index in [-0.39, 0.29) is 0 Å². The van der Waals surface area contributed by atoms with E-state index in [2.05, 4.69) is 0 Å². The SMILES string of the molecule is C1CCOC1.CCCC=O. The van der Waals surface area contributed by atoms with Crippen molar-refractivity contribution in [2.45, 2.75) is 32.6 Å². The van der Waals surface area contributed by atoms with Gasteiger partial charge in [-0.3, -0.25) is 0 Å². The van der Waals surface area contributed by atoms with Crippen molar-refractivity contribution in [3.63, 3.8) is 0 Å². The minimum atomic E-state index is 0.708. The van der Waals surface area contributed by atoms with Crippen LogP contribution in [-0.2, 0) is 9.53 Å². The zero-order valence-corrected chi connectivity index (χ0v) is 6.64. The Morgan fingerprint density at radius 2 is 2.00 bits per heavy atom. The zero-order chi connectivity index (χ0) is 7.66. The van der Waals surface area contributed by atoms with Gasteiger partial charge in [-0.15, -0.1) is 0 Å². The highest BCUT2D eigenvalue weighted by atomic mass is 16.5. The number of hydrogen-bond donors (Lipinski definition) is 0. The molecule has 1 rings (SSSR count). The minimum Gasteiger partial charge on any atom is -0.381 e. The first-order valence-corrected chi connectivity index (χ1v) is 3.93. The lowest BCUT2D eigenvalue weighted by Gasteiger charge is -1.76. The third-order valence-corrected chi connectivity index (χ3v) is 1.23. The Hall–Kier alpha value is -0.370. The summed E-state index contributed by atoms with van der Waals surface area (Å²) in [6.45, 7) is 3.98. The first-order valence-electron chi connectivity index (χ1n) is 3.93. The number of unbranched alkanes of at least 4 members (excludes halogenated alkanes) is 1. The van der Waals surface area contributed by atoms with Crippen LogP contribution < -0.4 is 0 Å². The molecule has 2 nitrogen and oxygen atoms in total. The van der Waals surface area contributed by atoms with Crippen LogP contribution in [-0.4, -0.2) is 19.5 Å². The average Bonchev–Trinajstić information content (AvgIpc) is 2.44. The Balaban J connectivity index is 0.000000162. The quantitative estimate of drug-likeness (QED) is 0.552. The molecule has 0 N–H and O–H groups in total. The smallest absolute Gasteiger partial charge is 0.119 e. The van der Waals surface area contributed by atoms with E-state index >= 15 is 0 Å². The second kappa shape index (κ2) is 8.63. The summed E-state index contributed by atoms with van der Waals surface area (Å²) in [4.78, 5) is 9.40. The van der Waals surface area contributed by atoms with Crippen molar-refractivity contribution in [1.82, 2.24) is 0 Å². The van der Waals surface area contributed by atoms with E-state index in [9.17, 15) is 4.79 Å². The molecular formula is C8H16O2. The van der Waals surface area contributed by atoms with E-state index in [1.807, 2.05) is 6.92 Å². The first-order chi connectivity index (χ1) is 4.91. The van der Waals surface area contributed by atoms with Crippen molar-refractivity contribution < 1.29 is 9.53 Å². The summed E-state index contributed by atoms with van der Waals surface area (Å²) < 4.78 is 4.94. The van der Waals surface area contributed by atoms with Gasteiger partial charge in [-0.2, -0.15) is 0 Å². The van der Waals surface area contributed by atoms with Gasteiger partial charge in [0.25, 0.3) is 0 Å². The molecule has 0 amide bonds. The van der Waals surface area contributed by atoms with Gasteiger partial charge in [0.15, 0.2) is 0 Å². The molecule has 60 valence electrons. The summed E-state index contributed by atoms with van der Waals surface area (Å²) in [5.74, 6) is 0. The number of hydrogen-bond acceptors (Lipinski definition) is 2. The van der Waals surface area contributed by atoms with Crippen molar-refractivity contribution in [2.24, 2.45) is 0 Å². The largest absolute Gasteiger partial charge is 0.381 e. The van der Waals surface area contributed by atoms with Gasteiger partial charge in [0.05, 0.1) is 0 Å². The first kappa shape index (κ1) is 9.63. The molecule has 0 bridgehead atoms. The summed E-state index contributed by atoms with van der Waals surface area (Å²) in [6, 6.07) is 0. The van der Waals surface area contributed by atoms with Gasteiger partial charge in [0.2, 0.25) is 0 Å². The number of carbonyl (C=O) groups is 1. The van der Waals surface area contributed by atoms with Gasteiger partial charge in [-0.25, -0.2) is 0 Å². The van der Waals surface area contributed by atoms with Crippen molar-refractivity contribution in [2.75, 3.05) is 13.2 Å². The Labute approximate surface area is 62.6 Å². The van der Waals surface area contributed by atoms with Crippen LogP contribution in [0.25, 0.3) is 0 Å². The molecule has 1 fully saturated rings. The monoisotopic (exact) mass is 144 g/mol. The third-order valence-electron chi connectivity index (χ3n) is 1.23. The number of rotatable bonds is 2. The van der Waals surface area contributed by atoms with Crippen molar-refractivity contribution >= 4 is 6.29 Å². The third kappa shape index (κ3) is 7.63. The highest BCUT2D eigenvalue weighted by Gasteiger charge is 1.94. The van der Waals surface area contributed by atoms with Crippen LogP contribution in [0, 0.1) is 0 Å². The maximum Gasteiger partial charge on any atom is 0.119 e. The van der Waals surface area contributed by atoms with Crippen molar-refractivity contribution in [1.29, 1.82) is 0 Å². The molecule has 1 aliphatic rings. The molecule has 0 aromatic heterocycles. The lowest BCUT2D eigenvalue weighted by Crippen LogP contribution is -1.74. The number of ether oxygens (including phenoxy) is 1. The van der Waals surface area contributed by atoms with Crippen LogP contribution in [0.2, 0.25) is 0 Å². The van der Waals surface area contributed by atoms with Gasteiger partial charge in [-0.05, 0) is 19.3 Å². The van der Waals surface area contributed by atoms with Crippen LogP contribution in [0.1, 0.15) is 32.6 Å². The average molecular weight is 144 g/mol. The minimum absolute atomic E-state index is 0.708. The van der Waals surface area contributed by atoms with Crippen LogP contribution in [0.4, 0.5) is 0 Å². The maximum atomic E-state index is 9.40. The highest BCUT2D eigenvalue weighted by molar-refractivity contribution is 5.48. The Morgan fingerprint density at radius 3 is 2.10 bits per heavy atom. The van der Waals surface area contributed by atoms with Gasteiger partial charge in [0, 0.05) is 19.6 Å². The second-order valence-corrected chi connectivity index (χ2v) is 2.27. The van der Waals surface area contributed by atoms with Crippen LogP contribution >= 0.6 is 0 Å². The number of aldehydes is 1. The fourth-order valence-electron chi connectivity index (χ4n) is 0.628. The molecule has 0 spiro atoms. The fraction of sp³-hybridized carbons (Fsp3) is 0.875. The van der Waals surface area contributed by atoms with E-state index in [0.29, 0.717) is 6.42 Å². The van der Waals surface area contributed by atoms with Gasteiger partial charge >= 0.3 is 0 Å². The predicted molar refractivity (Wildman–Crippen MR) is 41.0 cm³/mol. The summed E-state index contributed by atoms with van der Waals surface area (Å²) in [6.07, 6.45) is 5.17. The van der Waals surface area contributed by atoms with E-state index < -0.39 is 0 Å². The van der Waals surface area contributed by atoms with Gasteiger partial charge in [0.1, 0.15) is 6.29 Å². The van der Waals surface area contributed by atoms with E-state index in [1.54, 1.807) is 0 Å². The molecule has 1 aliphatic heterocycles. The molecule has 0 aromatic rings. The van der Waals surface area contributed by atoms with Gasteiger partial charge in [-0.1, -0.05) is 6.92 Å². The molecule has 1 saturated heterocycles. The molecular weight excluding hydrogens is 128 g/mol. The molecule has 0 aliphatic carbocycles. The van der Waals surface area contributed by atoms with Crippen molar-refractivity contribution in [3.8, 4) is 0 Å². The Bertz CT molecular complexity index is 60.0. The fourth-order valence-corrected chi connectivity index (χ4v) is 0.628. The lowest BCUT2D eigenvalue weighted by molar-refractivity contribution is -0.107. The molecule has 0 radical (unpaired) electrons. The topological polar surface area (TPSA) is 26.3 Å². The molecule has 0 saturated carbocycles. The molecule has 0 aromatic carbocycles.